The number of nitrogens with two attached hydrogens (primary N) is 1. The van der Waals surface area contributed by atoms with E-state index in [-0.39, 0.29) is 6.04 Å². The minimum atomic E-state index is 0.186. The zero-order valence-electron chi connectivity index (χ0n) is 12.6. The van der Waals surface area contributed by atoms with Crippen molar-refractivity contribution in [3.05, 3.63) is 28.2 Å². The summed E-state index contributed by atoms with van der Waals surface area (Å²) < 4.78 is 6.74. The average Bonchev–Trinajstić information content (AvgIpc) is 2.41. The van der Waals surface area contributed by atoms with Crippen LogP contribution < -0.4 is 10.6 Å². The molecule has 3 nitrogen and oxygen atoms in total. The van der Waals surface area contributed by atoms with Crippen molar-refractivity contribution in [2.45, 2.75) is 38.8 Å². The van der Waals surface area contributed by atoms with Gasteiger partial charge in [-0.15, -0.1) is 0 Å². The molecule has 0 amide bonds. The fraction of sp³-hybridized carbons (Fsp3) is 0.625. The second-order valence-electron chi connectivity index (χ2n) is 5.94. The van der Waals surface area contributed by atoms with Crippen molar-refractivity contribution < 1.29 is 4.74 Å². The van der Waals surface area contributed by atoms with E-state index in [4.69, 9.17) is 10.5 Å². The average molecular weight is 341 g/mol. The van der Waals surface area contributed by atoms with Crippen molar-refractivity contribution in [3.63, 3.8) is 0 Å². The number of nitrogens with zero attached hydrogens (tertiary/aromatic N) is 1. The van der Waals surface area contributed by atoms with E-state index in [0.717, 1.165) is 24.0 Å². The van der Waals surface area contributed by atoms with Gasteiger partial charge in [0.25, 0.3) is 0 Å². The first kappa shape index (κ1) is 15.8. The van der Waals surface area contributed by atoms with Gasteiger partial charge in [-0.05, 0) is 43.4 Å². The molecule has 0 aliphatic carbocycles. The van der Waals surface area contributed by atoms with E-state index >= 15 is 0 Å². The lowest BCUT2D eigenvalue weighted by molar-refractivity contribution is 0.0498. The van der Waals surface area contributed by atoms with E-state index in [2.05, 4.69) is 46.0 Å². The first-order valence-corrected chi connectivity index (χ1v) is 8.12. The lowest BCUT2D eigenvalue weighted by atomic mass is 9.95. The van der Waals surface area contributed by atoms with Crippen LogP contribution in [0.2, 0.25) is 0 Å². The summed E-state index contributed by atoms with van der Waals surface area (Å²) in [4.78, 5) is 2.41. The largest absolute Gasteiger partial charge is 0.379 e. The molecular formula is C16H25BrN2O. The maximum Gasteiger partial charge on any atom is 0.0772 e. The van der Waals surface area contributed by atoms with Crippen LogP contribution in [0.5, 0.6) is 0 Å². The highest BCUT2D eigenvalue weighted by Gasteiger charge is 2.26. The summed E-state index contributed by atoms with van der Waals surface area (Å²) >= 11 is 3.67. The summed E-state index contributed by atoms with van der Waals surface area (Å²) in [5.74, 6) is 0.636. The maximum atomic E-state index is 5.88. The molecule has 0 radical (unpaired) electrons. The number of rotatable bonds is 4. The van der Waals surface area contributed by atoms with Gasteiger partial charge in [-0.2, -0.15) is 0 Å². The van der Waals surface area contributed by atoms with Gasteiger partial charge in [-0.3, -0.25) is 0 Å². The smallest absolute Gasteiger partial charge is 0.0772 e. The van der Waals surface area contributed by atoms with Gasteiger partial charge in [-0.25, -0.2) is 0 Å². The van der Waals surface area contributed by atoms with Gasteiger partial charge >= 0.3 is 0 Å². The second kappa shape index (κ2) is 6.92. The van der Waals surface area contributed by atoms with Gasteiger partial charge in [0.15, 0.2) is 0 Å². The lowest BCUT2D eigenvalue weighted by Gasteiger charge is -2.37. The monoisotopic (exact) mass is 340 g/mol. The molecule has 1 saturated heterocycles. The number of anilines is 1. The zero-order valence-corrected chi connectivity index (χ0v) is 14.2. The fourth-order valence-corrected chi connectivity index (χ4v) is 3.35. The van der Waals surface area contributed by atoms with Crippen molar-refractivity contribution in [1.82, 2.24) is 0 Å². The molecule has 1 aliphatic heterocycles. The van der Waals surface area contributed by atoms with Gasteiger partial charge in [0.1, 0.15) is 0 Å². The van der Waals surface area contributed by atoms with E-state index in [0.29, 0.717) is 12.0 Å². The van der Waals surface area contributed by atoms with Crippen molar-refractivity contribution in [3.8, 4) is 0 Å². The predicted octanol–water partition coefficient (Wildman–Crippen LogP) is 3.20. The molecule has 20 heavy (non-hydrogen) atoms. The predicted molar refractivity (Wildman–Crippen MR) is 88.3 cm³/mol. The van der Waals surface area contributed by atoms with Crippen LogP contribution in [0.15, 0.2) is 22.7 Å². The zero-order chi connectivity index (χ0) is 14.7. The molecule has 1 heterocycles. The Balaban J connectivity index is 2.11. The molecular weight excluding hydrogens is 316 g/mol. The Hall–Kier alpha value is -0.580. The number of methoxy groups -OCH3 is 1. The summed E-state index contributed by atoms with van der Waals surface area (Å²) in [7, 11) is 1.81. The molecule has 0 aromatic heterocycles. The van der Waals surface area contributed by atoms with Gasteiger partial charge in [0, 0.05) is 36.4 Å². The van der Waals surface area contributed by atoms with Gasteiger partial charge < -0.3 is 15.4 Å². The third-order valence-electron chi connectivity index (χ3n) is 4.14. The molecule has 2 rings (SSSR count). The molecule has 0 saturated carbocycles. The molecule has 4 heteroatoms. The first-order valence-electron chi connectivity index (χ1n) is 7.33. The van der Waals surface area contributed by atoms with Crippen molar-refractivity contribution >= 4 is 21.6 Å². The Morgan fingerprint density at radius 2 is 2.25 bits per heavy atom. The number of ether oxygens (including phenoxy) is 1. The van der Waals surface area contributed by atoms with E-state index in [1.54, 1.807) is 0 Å². The number of halogens is 1. The number of piperidine rings is 1. The number of benzene rings is 1. The van der Waals surface area contributed by atoms with Crippen LogP contribution >= 0.6 is 15.9 Å². The topological polar surface area (TPSA) is 38.5 Å². The van der Waals surface area contributed by atoms with Gasteiger partial charge in [0.05, 0.1) is 6.10 Å². The first-order chi connectivity index (χ1) is 9.51. The Morgan fingerprint density at radius 1 is 1.50 bits per heavy atom. The van der Waals surface area contributed by atoms with Crippen LogP contribution in [0.1, 0.15) is 25.8 Å². The Labute approximate surface area is 130 Å². The Kier molecular flexibility index (Phi) is 5.47. The highest BCUT2D eigenvalue weighted by molar-refractivity contribution is 9.10. The van der Waals surface area contributed by atoms with E-state index in [1.165, 1.54) is 17.7 Å². The van der Waals surface area contributed by atoms with Crippen molar-refractivity contribution in [2.24, 2.45) is 11.7 Å². The quantitative estimate of drug-likeness (QED) is 0.914. The molecule has 3 unspecified atom stereocenters. The van der Waals surface area contributed by atoms with Crippen LogP contribution in [-0.4, -0.2) is 32.3 Å². The number of hydrogen-bond acceptors (Lipinski definition) is 3. The van der Waals surface area contributed by atoms with E-state index < -0.39 is 0 Å². The standard InChI is InChI=1S/C16H25BrN2O/c1-11-6-7-19(10-16(11)20-3)14-5-4-13(8-12(2)18)15(17)9-14/h4-5,9,11-12,16H,6-8,10,18H2,1-3H3. The third-order valence-corrected chi connectivity index (χ3v) is 4.87. The van der Waals surface area contributed by atoms with Crippen LogP contribution in [0, 0.1) is 5.92 Å². The van der Waals surface area contributed by atoms with E-state index in [1.807, 2.05) is 14.0 Å². The SMILES string of the molecule is COC1CN(c2ccc(CC(C)N)c(Br)c2)CCC1C. The lowest BCUT2D eigenvalue weighted by Crippen LogP contribution is -2.43. The summed E-state index contributed by atoms with van der Waals surface area (Å²) in [5, 5.41) is 0. The summed E-state index contributed by atoms with van der Waals surface area (Å²) in [5.41, 5.74) is 8.42. The molecule has 1 fully saturated rings. The molecule has 2 N–H and O–H groups in total. The Bertz CT molecular complexity index is 450. The molecule has 0 bridgehead atoms. The third kappa shape index (κ3) is 3.74. The Morgan fingerprint density at radius 3 is 2.85 bits per heavy atom. The normalized spacial score (nSPS) is 24.8. The molecule has 1 aliphatic rings. The van der Waals surface area contributed by atoms with Crippen molar-refractivity contribution in [2.75, 3.05) is 25.1 Å². The van der Waals surface area contributed by atoms with Gasteiger partial charge in [-0.1, -0.05) is 28.9 Å². The van der Waals surface area contributed by atoms with Crippen LogP contribution in [0.25, 0.3) is 0 Å². The maximum absolute atomic E-state index is 5.88. The molecule has 112 valence electrons. The number of hydrogen-bond donors (Lipinski definition) is 1. The second-order valence-corrected chi connectivity index (χ2v) is 6.80. The van der Waals surface area contributed by atoms with Crippen molar-refractivity contribution in [1.29, 1.82) is 0 Å². The fourth-order valence-electron chi connectivity index (χ4n) is 2.82. The highest BCUT2D eigenvalue weighted by Crippen LogP contribution is 2.29. The minimum absolute atomic E-state index is 0.186. The molecule has 0 spiro atoms. The van der Waals surface area contributed by atoms with E-state index in [9.17, 15) is 0 Å². The molecule has 1 aromatic carbocycles. The van der Waals surface area contributed by atoms with Crippen LogP contribution in [-0.2, 0) is 11.2 Å². The van der Waals surface area contributed by atoms with Crippen LogP contribution in [0.4, 0.5) is 5.69 Å². The molecule has 3 atom stereocenters. The van der Waals surface area contributed by atoms with Gasteiger partial charge in [0.2, 0.25) is 0 Å². The highest BCUT2D eigenvalue weighted by atomic mass is 79.9. The molecule has 1 aromatic rings. The summed E-state index contributed by atoms with van der Waals surface area (Å²) in [6, 6.07) is 6.78. The summed E-state index contributed by atoms with van der Waals surface area (Å²) in [6.07, 6.45) is 2.40. The van der Waals surface area contributed by atoms with Crippen LogP contribution in [0.3, 0.4) is 0 Å². The minimum Gasteiger partial charge on any atom is -0.379 e. The summed E-state index contributed by atoms with van der Waals surface area (Å²) in [6.45, 7) is 6.37.